The summed E-state index contributed by atoms with van der Waals surface area (Å²) in [6.45, 7) is 2.51. The van der Waals surface area contributed by atoms with Gasteiger partial charge in [0.15, 0.2) is 17.5 Å². The summed E-state index contributed by atoms with van der Waals surface area (Å²) < 4.78 is 40.0. The number of rotatable bonds is 4. The fourth-order valence-corrected chi connectivity index (χ4v) is 2.04. The summed E-state index contributed by atoms with van der Waals surface area (Å²) in [5, 5.41) is 0. The van der Waals surface area contributed by atoms with Crippen LogP contribution >= 0.6 is 0 Å². The molecule has 1 atom stereocenters. The van der Waals surface area contributed by atoms with Crippen molar-refractivity contribution in [3.8, 4) is 11.1 Å². The van der Waals surface area contributed by atoms with E-state index in [1.165, 1.54) is 12.3 Å². The Hall–Kier alpha value is -1.88. The van der Waals surface area contributed by atoms with Crippen LogP contribution in [0.5, 0.6) is 0 Å². The number of nitrogens with zero attached hydrogens (tertiary/aromatic N) is 1. The molecule has 0 amide bonds. The summed E-state index contributed by atoms with van der Waals surface area (Å²) in [5.74, 6) is -3.70. The highest BCUT2D eigenvalue weighted by Gasteiger charge is 2.15. The van der Waals surface area contributed by atoms with Crippen LogP contribution in [0.4, 0.5) is 13.2 Å². The van der Waals surface area contributed by atoms with Crippen LogP contribution in [0.1, 0.15) is 24.8 Å². The highest BCUT2D eigenvalue weighted by atomic mass is 19.2. The molecule has 2 N–H and O–H groups in total. The first-order valence-corrected chi connectivity index (χ1v) is 6.33. The number of benzene rings is 1. The zero-order chi connectivity index (χ0) is 14.7. The van der Waals surface area contributed by atoms with Gasteiger partial charge in [-0.25, -0.2) is 13.2 Å². The van der Waals surface area contributed by atoms with E-state index in [-0.39, 0.29) is 11.5 Å². The molecule has 2 aromatic rings. The van der Waals surface area contributed by atoms with Gasteiger partial charge in [0.25, 0.3) is 0 Å². The van der Waals surface area contributed by atoms with Gasteiger partial charge < -0.3 is 5.73 Å². The molecular formula is C15H15F3N2. The van der Waals surface area contributed by atoms with Crippen LogP contribution in [-0.4, -0.2) is 11.5 Å². The third-order valence-electron chi connectivity index (χ3n) is 3.27. The number of aromatic nitrogens is 1. The number of pyridine rings is 1. The predicted octanol–water partition coefficient (Wildman–Crippen LogP) is 3.62. The van der Waals surface area contributed by atoms with Gasteiger partial charge in [0.05, 0.1) is 0 Å². The molecule has 2 rings (SSSR count). The van der Waals surface area contributed by atoms with Crippen molar-refractivity contribution >= 4 is 0 Å². The van der Waals surface area contributed by atoms with E-state index in [0.717, 1.165) is 18.1 Å². The molecule has 0 aliphatic rings. The number of hydrogen-bond donors (Lipinski definition) is 1. The third-order valence-corrected chi connectivity index (χ3v) is 3.27. The molecule has 0 spiro atoms. The van der Waals surface area contributed by atoms with Gasteiger partial charge in [0.2, 0.25) is 0 Å². The average molecular weight is 280 g/mol. The van der Waals surface area contributed by atoms with Gasteiger partial charge in [-0.3, -0.25) is 4.98 Å². The average Bonchev–Trinajstić information content (AvgIpc) is 2.45. The Kier molecular flexibility index (Phi) is 4.39. The minimum absolute atomic E-state index is 0.00167. The van der Waals surface area contributed by atoms with Crippen LogP contribution in [0.15, 0.2) is 30.6 Å². The Labute approximate surface area is 115 Å². The summed E-state index contributed by atoms with van der Waals surface area (Å²) in [4.78, 5) is 4.03. The molecule has 0 bridgehead atoms. The zero-order valence-electron chi connectivity index (χ0n) is 11.0. The van der Waals surface area contributed by atoms with E-state index in [2.05, 4.69) is 4.98 Å². The van der Waals surface area contributed by atoms with E-state index < -0.39 is 17.5 Å². The van der Waals surface area contributed by atoms with Gasteiger partial charge in [0.1, 0.15) is 0 Å². The SMILES string of the molecule is CC(CCN)c1cncc(-c2ccc(F)c(F)c2F)c1. The van der Waals surface area contributed by atoms with Crippen LogP contribution in [-0.2, 0) is 0 Å². The van der Waals surface area contributed by atoms with Crippen LogP contribution in [0.2, 0.25) is 0 Å². The summed E-state index contributed by atoms with van der Waals surface area (Å²) in [7, 11) is 0. The maximum absolute atomic E-state index is 13.8. The van der Waals surface area contributed by atoms with Gasteiger partial charge in [0, 0.05) is 23.5 Å². The monoisotopic (exact) mass is 280 g/mol. The smallest absolute Gasteiger partial charge is 0.195 e. The molecular weight excluding hydrogens is 265 g/mol. The second kappa shape index (κ2) is 6.05. The lowest BCUT2D eigenvalue weighted by Crippen LogP contribution is -2.05. The Morgan fingerprint density at radius 3 is 2.60 bits per heavy atom. The quantitative estimate of drug-likeness (QED) is 0.869. The van der Waals surface area contributed by atoms with Crippen LogP contribution in [0, 0.1) is 17.5 Å². The normalized spacial score (nSPS) is 12.4. The largest absolute Gasteiger partial charge is 0.330 e. The van der Waals surface area contributed by atoms with Crippen molar-refractivity contribution in [1.82, 2.24) is 4.98 Å². The van der Waals surface area contributed by atoms with Gasteiger partial charge in [-0.2, -0.15) is 0 Å². The van der Waals surface area contributed by atoms with Crippen molar-refractivity contribution in [1.29, 1.82) is 0 Å². The van der Waals surface area contributed by atoms with Gasteiger partial charge >= 0.3 is 0 Å². The molecule has 0 fully saturated rings. The molecule has 20 heavy (non-hydrogen) atoms. The summed E-state index contributed by atoms with van der Waals surface area (Å²) >= 11 is 0. The first kappa shape index (κ1) is 14.5. The first-order valence-electron chi connectivity index (χ1n) is 6.33. The Morgan fingerprint density at radius 2 is 1.90 bits per heavy atom. The van der Waals surface area contributed by atoms with Crippen LogP contribution in [0.3, 0.4) is 0 Å². The standard InChI is InChI=1S/C15H15F3N2/c1-9(4-5-19)10-6-11(8-20-7-10)12-2-3-13(16)15(18)14(12)17/h2-3,6-9H,4-5,19H2,1H3. The highest BCUT2D eigenvalue weighted by Crippen LogP contribution is 2.28. The van der Waals surface area contributed by atoms with Crippen LogP contribution in [0.25, 0.3) is 11.1 Å². The highest BCUT2D eigenvalue weighted by molar-refractivity contribution is 5.64. The van der Waals surface area contributed by atoms with Gasteiger partial charge in [-0.1, -0.05) is 6.92 Å². The lowest BCUT2D eigenvalue weighted by Gasteiger charge is -2.12. The zero-order valence-corrected chi connectivity index (χ0v) is 11.0. The van der Waals surface area contributed by atoms with E-state index in [1.807, 2.05) is 6.92 Å². The molecule has 1 aromatic heterocycles. The van der Waals surface area contributed by atoms with E-state index in [9.17, 15) is 13.2 Å². The molecule has 0 radical (unpaired) electrons. The van der Waals surface area contributed by atoms with E-state index in [4.69, 9.17) is 5.73 Å². The number of nitrogens with two attached hydrogens (primary N) is 1. The molecule has 0 saturated heterocycles. The van der Waals surface area contributed by atoms with E-state index >= 15 is 0 Å². The Bertz CT molecular complexity index is 614. The Balaban J connectivity index is 2.44. The van der Waals surface area contributed by atoms with Crippen molar-refractivity contribution < 1.29 is 13.2 Å². The molecule has 2 nitrogen and oxygen atoms in total. The van der Waals surface area contributed by atoms with Crippen molar-refractivity contribution in [2.75, 3.05) is 6.54 Å². The maximum atomic E-state index is 13.8. The molecule has 1 aromatic carbocycles. The topological polar surface area (TPSA) is 38.9 Å². The molecule has 1 unspecified atom stereocenters. The lowest BCUT2D eigenvalue weighted by atomic mass is 9.96. The van der Waals surface area contributed by atoms with Crippen LogP contribution < -0.4 is 5.73 Å². The molecule has 0 aliphatic heterocycles. The van der Waals surface area contributed by atoms with Crippen molar-refractivity contribution in [2.45, 2.75) is 19.3 Å². The first-order chi connectivity index (χ1) is 9.54. The minimum Gasteiger partial charge on any atom is -0.330 e. The van der Waals surface area contributed by atoms with Gasteiger partial charge in [-0.15, -0.1) is 0 Å². The third kappa shape index (κ3) is 2.82. The lowest BCUT2D eigenvalue weighted by molar-refractivity contribution is 0.449. The summed E-state index contributed by atoms with van der Waals surface area (Å²) in [6, 6.07) is 3.84. The summed E-state index contributed by atoms with van der Waals surface area (Å²) in [6.07, 6.45) is 3.86. The Morgan fingerprint density at radius 1 is 1.15 bits per heavy atom. The summed E-state index contributed by atoms with van der Waals surface area (Å²) in [5.41, 5.74) is 6.81. The second-order valence-corrected chi connectivity index (χ2v) is 4.71. The molecule has 0 saturated carbocycles. The molecule has 0 aliphatic carbocycles. The van der Waals surface area contributed by atoms with Crippen molar-refractivity contribution in [3.05, 3.63) is 53.6 Å². The number of hydrogen-bond acceptors (Lipinski definition) is 2. The van der Waals surface area contributed by atoms with Gasteiger partial charge in [-0.05, 0) is 42.6 Å². The maximum Gasteiger partial charge on any atom is 0.195 e. The van der Waals surface area contributed by atoms with Crippen molar-refractivity contribution in [3.63, 3.8) is 0 Å². The molecule has 5 heteroatoms. The van der Waals surface area contributed by atoms with E-state index in [0.29, 0.717) is 12.1 Å². The number of halogens is 3. The predicted molar refractivity (Wildman–Crippen MR) is 71.6 cm³/mol. The fraction of sp³-hybridized carbons (Fsp3) is 0.267. The minimum atomic E-state index is -1.47. The van der Waals surface area contributed by atoms with E-state index in [1.54, 1.807) is 12.3 Å². The molecule has 1 heterocycles. The fourth-order valence-electron chi connectivity index (χ4n) is 2.04. The molecule has 106 valence electrons. The second-order valence-electron chi connectivity index (χ2n) is 4.71. The van der Waals surface area contributed by atoms with Crippen molar-refractivity contribution in [2.24, 2.45) is 5.73 Å².